The van der Waals surface area contributed by atoms with E-state index in [1.807, 2.05) is 29.5 Å². The van der Waals surface area contributed by atoms with Crippen molar-refractivity contribution < 1.29 is 19.4 Å². The standard InChI is InChI=1S/C13H13ClINO4S/c1-6-16(10(5-21-6)13(18)19)12(17)7-3-8(14)9(15)4-11(7)20-2/h3-4,6,10H,5H2,1-2H3,(H,18,19). The smallest absolute Gasteiger partial charge is 0.327 e. The van der Waals surface area contributed by atoms with Gasteiger partial charge in [-0.1, -0.05) is 11.6 Å². The summed E-state index contributed by atoms with van der Waals surface area (Å²) in [5.41, 5.74) is 0.281. The molecule has 1 saturated heterocycles. The van der Waals surface area contributed by atoms with Crippen LogP contribution >= 0.6 is 46.0 Å². The van der Waals surface area contributed by atoms with E-state index in [1.165, 1.54) is 29.8 Å². The molecule has 114 valence electrons. The molecule has 21 heavy (non-hydrogen) atoms. The molecule has 0 saturated carbocycles. The molecule has 8 heteroatoms. The van der Waals surface area contributed by atoms with Crippen molar-refractivity contribution in [3.63, 3.8) is 0 Å². The quantitative estimate of drug-likeness (QED) is 0.731. The average Bonchev–Trinajstić information content (AvgIpc) is 2.82. The average molecular weight is 442 g/mol. The molecule has 2 atom stereocenters. The lowest BCUT2D eigenvalue weighted by Crippen LogP contribution is -2.44. The van der Waals surface area contributed by atoms with Crippen LogP contribution in [0, 0.1) is 3.57 Å². The van der Waals surface area contributed by atoms with E-state index in [2.05, 4.69) is 0 Å². The fourth-order valence-corrected chi connectivity index (χ4v) is 3.91. The molecule has 1 N–H and O–H groups in total. The molecule has 1 aliphatic heterocycles. The van der Waals surface area contributed by atoms with Gasteiger partial charge in [0.25, 0.3) is 5.91 Å². The van der Waals surface area contributed by atoms with Crippen LogP contribution in [0.4, 0.5) is 0 Å². The van der Waals surface area contributed by atoms with Crippen molar-refractivity contribution in [1.82, 2.24) is 4.90 Å². The second kappa shape index (κ2) is 6.62. The molecule has 0 aromatic heterocycles. The van der Waals surface area contributed by atoms with E-state index in [-0.39, 0.29) is 16.8 Å². The highest BCUT2D eigenvalue weighted by Gasteiger charge is 2.40. The van der Waals surface area contributed by atoms with Crippen LogP contribution in [-0.2, 0) is 4.79 Å². The first-order valence-electron chi connectivity index (χ1n) is 6.07. The molecule has 0 radical (unpaired) electrons. The maximum Gasteiger partial charge on any atom is 0.327 e. The minimum absolute atomic E-state index is 0.207. The van der Waals surface area contributed by atoms with Crippen LogP contribution in [0.1, 0.15) is 17.3 Å². The Bertz CT molecular complexity index is 598. The third-order valence-electron chi connectivity index (χ3n) is 3.22. The van der Waals surface area contributed by atoms with E-state index in [9.17, 15) is 14.7 Å². The molecule has 0 aliphatic carbocycles. The van der Waals surface area contributed by atoms with Crippen molar-refractivity contribution in [1.29, 1.82) is 0 Å². The van der Waals surface area contributed by atoms with E-state index in [4.69, 9.17) is 16.3 Å². The van der Waals surface area contributed by atoms with E-state index in [0.717, 1.165) is 3.57 Å². The number of thioether (sulfide) groups is 1. The van der Waals surface area contributed by atoms with E-state index in [0.29, 0.717) is 16.5 Å². The number of carbonyl (C=O) groups is 2. The third kappa shape index (κ3) is 3.24. The number of hydrogen-bond donors (Lipinski definition) is 1. The number of carboxylic acid groups (broad SMARTS) is 1. The summed E-state index contributed by atoms with van der Waals surface area (Å²) in [5, 5.41) is 9.49. The van der Waals surface area contributed by atoms with Crippen LogP contribution in [0.2, 0.25) is 5.02 Å². The first-order chi connectivity index (χ1) is 9.86. The highest BCUT2D eigenvalue weighted by atomic mass is 127. The molecule has 0 bridgehead atoms. The number of carboxylic acids is 1. The second-order valence-corrected chi connectivity index (χ2v) is 7.38. The van der Waals surface area contributed by atoms with Crippen LogP contribution in [0.5, 0.6) is 5.75 Å². The number of rotatable bonds is 3. The summed E-state index contributed by atoms with van der Waals surface area (Å²) >= 11 is 9.55. The molecular weight excluding hydrogens is 429 g/mol. The Hall–Kier alpha value is -0.670. The largest absolute Gasteiger partial charge is 0.496 e. The zero-order chi connectivity index (χ0) is 15.7. The zero-order valence-electron chi connectivity index (χ0n) is 11.3. The summed E-state index contributed by atoms with van der Waals surface area (Å²) in [6.07, 6.45) is 0. The van der Waals surface area contributed by atoms with Crippen molar-refractivity contribution in [2.45, 2.75) is 18.3 Å². The number of carbonyl (C=O) groups excluding carboxylic acids is 1. The van der Waals surface area contributed by atoms with Gasteiger partial charge in [0.1, 0.15) is 11.8 Å². The van der Waals surface area contributed by atoms with Crippen molar-refractivity contribution in [2.75, 3.05) is 12.9 Å². The highest BCUT2D eigenvalue weighted by Crippen LogP contribution is 2.34. The fourth-order valence-electron chi connectivity index (χ4n) is 2.15. The number of halogens is 2. The second-order valence-electron chi connectivity index (χ2n) is 4.47. The van der Waals surface area contributed by atoms with Gasteiger partial charge in [-0.3, -0.25) is 4.79 Å². The lowest BCUT2D eigenvalue weighted by atomic mass is 10.1. The summed E-state index contributed by atoms with van der Waals surface area (Å²) in [6, 6.07) is 2.36. The van der Waals surface area contributed by atoms with E-state index >= 15 is 0 Å². The lowest BCUT2D eigenvalue weighted by molar-refractivity contribution is -0.141. The predicted molar refractivity (Wildman–Crippen MR) is 90.2 cm³/mol. The summed E-state index contributed by atoms with van der Waals surface area (Å²) in [7, 11) is 1.47. The minimum atomic E-state index is -1.00. The third-order valence-corrected chi connectivity index (χ3v) is 5.96. The molecule has 1 heterocycles. The number of benzene rings is 1. The Morgan fingerprint density at radius 3 is 2.76 bits per heavy atom. The molecule has 1 fully saturated rings. The van der Waals surface area contributed by atoms with Crippen LogP contribution < -0.4 is 4.74 Å². The molecule has 5 nitrogen and oxygen atoms in total. The van der Waals surface area contributed by atoms with Crippen molar-refractivity contribution >= 4 is 57.8 Å². The van der Waals surface area contributed by atoms with Gasteiger partial charge in [0.2, 0.25) is 0 Å². The topological polar surface area (TPSA) is 66.8 Å². The van der Waals surface area contributed by atoms with Gasteiger partial charge in [0.05, 0.1) is 23.1 Å². The van der Waals surface area contributed by atoms with Gasteiger partial charge in [0, 0.05) is 9.32 Å². The molecule has 2 unspecified atom stereocenters. The summed E-state index contributed by atoms with van der Waals surface area (Å²) < 4.78 is 5.99. The molecule has 2 rings (SSSR count). The van der Waals surface area contributed by atoms with Gasteiger partial charge < -0.3 is 14.7 Å². The van der Waals surface area contributed by atoms with Gasteiger partial charge in [-0.2, -0.15) is 0 Å². The maximum absolute atomic E-state index is 12.7. The van der Waals surface area contributed by atoms with Gasteiger partial charge >= 0.3 is 5.97 Å². The Morgan fingerprint density at radius 1 is 1.52 bits per heavy atom. The number of amides is 1. The van der Waals surface area contributed by atoms with Gasteiger partial charge in [0.15, 0.2) is 0 Å². The normalized spacial score (nSPS) is 21.4. The van der Waals surface area contributed by atoms with Crippen LogP contribution in [-0.4, -0.2) is 46.2 Å². The van der Waals surface area contributed by atoms with Crippen molar-refractivity contribution in [2.24, 2.45) is 0 Å². The molecule has 1 aliphatic rings. The minimum Gasteiger partial charge on any atom is -0.496 e. The predicted octanol–water partition coefficient (Wildman–Crippen LogP) is 2.94. The highest BCUT2D eigenvalue weighted by molar-refractivity contribution is 14.1. The van der Waals surface area contributed by atoms with Crippen LogP contribution in [0.25, 0.3) is 0 Å². The number of ether oxygens (including phenoxy) is 1. The first kappa shape index (κ1) is 16.7. The molecular formula is C13H13ClINO4S. The molecule has 0 spiro atoms. The van der Waals surface area contributed by atoms with Crippen LogP contribution in [0.3, 0.4) is 0 Å². The first-order valence-corrected chi connectivity index (χ1v) is 8.57. The van der Waals surface area contributed by atoms with E-state index < -0.39 is 12.0 Å². The maximum atomic E-state index is 12.7. The Morgan fingerprint density at radius 2 is 2.19 bits per heavy atom. The summed E-state index contributed by atoms with van der Waals surface area (Å²) in [6.45, 7) is 1.81. The molecule has 1 amide bonds. The number of aliphatic carboxylic acids is 1. The SMILES string of the molecule is COc1cc(I)c(Cl)cc1C(=O)N1C(C)SCC1C(=O)O. The molecule has 1 aromatic rings. The van der Waals surface area contributed by atoms with Crippen molar-refractivity contribution in [3.8, 4) is 5.75 Å². The number of methoxy groups -OCH3 is 1. The van der Waals surface area contributed by atoms with Gasteiger partial charge in [-0.15, -0.1) is 11.8 Å². The Balaban J connectivity index is 2.43. The van der Waals surface area contributed by atoms with Gasteiger partial charge in [-0.25, -0.2) is 4.79 Å². The van der Waals surface area contributed by atoms with E-state index in [1.54, 1.807) is 6.07 Å². The van der Waals surface area contributed by atoms with Gasteiger partial charge in [-0.05, 0) is 41.6 Å². The Labute approximate surface area is 145 Å². The fraction of sp³-hybridized carbons (Fsp3) is 0.385. The number of hydrogen-bond acceptors (Lipinski definition) is 4. The number of nitrogens with zero attached hydrogens (tertiary/aromatic N) is 1. The zero-order valence-corrected chi connectivity index (χ0v) is 15.0. The summed E-state index contributed by atoms with van der Waals surface area (Å²) in [5.74, 6) is -0.615. The Kier molecular flexibility index (Phi) is 5.26. The van der Waals surface area contributed by atoms with Crippen molar-refractivity contribution in [3.05, 3.63) is 26.3 Å². The molecule has 1 aromatic carbocycles. The summed E-state index contributed by atoms with van der Waals surface area (Å²) in [4.78, 5) is 25.4. The monoisotopic (exact) mass is 441 g/mol. The lowest BCUT2D eigenvalue weighted by Gasteiger charge is -2.26. The van der Waals surface area contributed by atoms with Crippen LogP contribution in [0.15, 0.2) is 12.1 Å².